The van der Waals surface area contributed by atoms with E-state index in [1.807, 2.05) is 0 Å². The Balaban J connectivity index is 2.36. The van der Waals surface area contributed by atoms with Crippen molar-refractivity contribution in [2.24, 2.45) is 0 Å². The van der Waals surface area contributed by atoms with E-state index < -0.39 is 11.7 Å². The highest BCUT2D eigenvalue weighted by Crippen LogP contribution is 2.14. The van der Waals surface area contributed by atoms with Crippen LogP contribution >= 0.6 is 0 Å². The van der Waals surface area contributed by atoms with Crippen molar-refractivity contribution in [1.29, 1.82) is 0 Å². The van der Waals surface area contributed by atoms with Gasteiger partial charge in [0, 0.05) is 12.6 Å². The van der Waals surface area contributed by atoms with Crippen molar-refractivity contribution in [3.05, 3.63) is 28.7 Å². The van der Waals surface area contributed by atoms with E-state index in [1.165, 1.54) is 6.92 Å². The molecular weight excluding hydrogens is 210 g/mol. The lowest BCUT2D eigenvalue weighted by Crippen LogP contribution is -2.19. The van der Waals surface area contributed by atoms with Crippen molar-refractivity contribution < 1.29 is 9.59 Å². The minimum Gasteiger partial charge on any atom is -0.319 e. The van der Waals surface area contributed by atoms with Crippen LogP contribution in [0, 0.1) is 0 Å². The van der Waals surface area contributed by atoms with Crippen molar-refractivity contribution in [2.45, 2.75) is 6.92 Å². The van der Waals surface area contributed by atoms with Gasteiger partial charge in [-0.2, -0.15) is 0 Å². The fourth-order valence-electron chi connectivity index (χ4n) is 1.33. The number of aromatic nitrogens is 2. The Labute approximate surface area is 89.7 Å². The number of rotatable bonds is 2. The van der Waals surface area contributed by atoms with Gasteiger partial charge in [-0.3, -0.25) is 9.59 Å². The molecule has 0 bridgehead atoms. The second-order valence-electron chi connectivity index (χ2n) is 3.35. The van der Waals surface area contributed by atoms with Crippen LogP contribution < -0.4 is 11.0 Å². The van der Waals surface area contributed by atoms with Crippen LogP contribution in [0.1, 0.15) is 6.92 Å². The van der Waals surface area contributed by atoms with Crippen LogP contribution in [0.15, 0.2) is 23.0 Å². The molecule has 0 aliphatic carbocycles. The molecule has 0 saturated carbocycles. The maximum atomic E-state index is 11.1. The number of ketones is 1. The van der Waals surface area contributed by atoms with Crippen molar-refractivity contribution in [3.8, 4) is 0 Å². The number of aromatic amines is 2. The smallest absolute Gasteiger partial charge is 0.319 e. The third kappa shape index (κ3) is 1.85. The lowest BCUT2D eigenvalue weighted by Gasteiger charge is -2.01. The van der Waals surface area contributed by atoms with Gasteiger partial charge in [0.1, 0.15) is 0 Å². The number of fused-ring (bicyclic) bond motifs is 1. The summed E-state index contributed by atoms with van der Waals surface area (Å²) in [6.07, 6.45) is 0. The Hall–Kier alpha value is -2.37. The van der Waals surface area contributed by atoms with Crippen LogP contribution in [-0.4, -0.2) is 21.7 Å². The summed E-state index contributed by atoms with van der Waals surface area (Å²) in [6.45, 7) is 1.19. The van der Waals surface area contributed by atoms with Gasteiger partial charge in [0.25, 0.3) is 5.91 Å². The first-order valence-electron chi connectivity index (χ1n) is 4.60. The van der Waals surface area contributed by atoms with Crippen molar-refractivity contribution in [2.75, 3.05) is 5.32 Å². The molecule has 6 heteroatoms. The topological polar surface area (TPSA) is 94.8 Å². The zero-order chi connectivity index (χ0) is 11.7. The molecule has 0 spiro atoms. The summed E-state index contributed by atoms with van der Waals surface area (Å²) >= 11 is 0. The molecule has 16 heavy (non-hydrogen) atoms. The fraction of sp³-hybridized carbons (Fsp3) is 0.100. The lowest BCUT2D eigenvalue weighted by molar-refractivity contribution is -0.133. The molecule has 0 aliphatic heterocycles. The zero-order valence-corrected chi connectivity index (χ0v) is 8.46. The molecule has 6 nitrogen and oxygen atoms in total. The predicted octanol–water partition coefficient (Wildman–Crippen LogP) is 0.384. The van der Waals surface area contributed by atoms with Crippen LogP contribution in [-0.2, 0) is 9.59 Å². The maximum Gasteiger partial charge on any atom is 0.323 e. The second kappa shape index (κ2) is 3.65. The molecule has 82 valence electrons. The van der Waals surface area contributed by atoms with Gasteiger partial charge >= 0.3 is 5.69 Å². The highest BCUT2D eigenvalue weighted by atomic mass is 16.2. The summed E-state index contributed by atoms with van der Waals surface area (Å²) in [4.78, 5) is 38.0. The van der Waals surface area contributed by atoms with Gasteiger partial charge in [-0.05, 0) is 18.2 Å². The minimum absolute atomic E-state index is 0.315. The molecule has 1 heterocycles. The summed E-state index contributed by atoms with van der Waals surface area (Å²) in [6, 6.07) is 4.82. The number of H-pyrrole nitrogens is 2. The lowest BCUT2D eigenvalue weighted by atomic mass is 10.2. The number of amides is 1. The van der Waals surface area contributed by atoms with Crippen LogP contribution in [0.5, 0.6) is 0 Å². The van der Waals surface area contributed by atoms with Gasteiger partial charge < -0.3 is 15.3 Å². The second-order valence-corrected chi connectivity index (χ2v) is 3.35. The first-order chi connectivity index (χ1) is 7.56. The molecule has 0 fully saturated rings. The van der Waals surface area contributed by atoms with Crippen molar-refractivity contribution in [3.63, 3.8) is 0 Å². The molecule has 1 aromatic heterocycles. The summed E-state index contributed by atoms with van der Waals surface area (Å²) in [5, 5.41) is 2.42. The van der Waals surface area contributed by atoms with Gasteiger partial charge in [0.2, 0.25) is 5.78 Å². The number of hydrogen-bond acceptors (Lipinski definition) is 3. The molecule has 1 amide bonds. The summed E-state index contributed by atoms with van der Waals surface area (Å²) < 4.78 is 0. The van der Waals surface area contributed by atoms with Gasteiger partial charge in [-0.25, -0.2) is 4.79 Å². The first-order valence-corrected chi connectivity index (χ1v) is 4.60. The first kappa shape index (κ1) is 10.2. The number of carbonyl (C=O) groups is 2. The third-order valence-corrected chi connectivity index (χ3v) is 2.09. The Morgan fingerprint density at radius 1 is 1.19 bits per heavy atom. The molecule has 0 atom stereocenters. The van der Waals surface area contributed by atoms with Gasteiger partial charge in [0.05, 0.1) is 11.0 Å². The molecule has 0 saturated heterocycles. The highest BCUT2D eigenvalue weighted by molar-refractivity contribution is 6.39. The number of imidazole rings is 1. The van der Waals surface area contributed by atoms with Gasteiger partial charge in [0.15, 0.2) is 0 Å². The van der Waals surface area contributed by atoms with Crippen LogP contribution in [0.2, 0.25) is 0 Å². The number of carbonyl (C=O) groups excluding carboxylic acids is 2. The molecule has 2 aromatic rings. The van der Waals surface area contributed by atoms with E-state index in [0.717, 1.165) is 0 Å². The molecule has 2 rings (SSSR count). The normalized spacial score (nSPS) is 10.3. The van der Waals surface area contributed by atoms with E-state index in [2.05, 4.69) is 15.3 Å². The molecular formula is C10H9N3O3. The average molecular weight is 219 g/mol. The van der Waals surface area contributed by atoms with Crippen molar-refractivity contribution in [1.82, 2.24) is 9.97 Å². The van der Waals surface area contributed by atoms with Gasteiger partial charge in [-0.1, -0.05) is 0 Å². The van der Waals surface area contributed by atoms with Crippen LogP contribution in [0.25, 0.3) is 11.0 Å². The molecule has 0 unspecified atom stereocenters. The Morgan fingerprint density at radius 2 is 1.88 bits per heavy atom. The largest absolute Gasteiger partial charge is 0.323 e. The molecule has 3 N–H and O–H groups in total. The molecule has 0 aliphatic rings. The van der Waals surface area contributed by atoms with Crippen LogP contribution in [0.3, 0.4) is 0 Å². The Bertz CT molecular complexity index is 624. The monoisotopic (exact) mass is 219 g/mol. The molecule has 0 radical (unpaired) electrons. The van der Waals surface area contributed by atoms with E-state index in [1.54, 1.807) is 18.2 Å². The minimum atomic E-state index is -0.683. The van der Waals surface area contributed by atoms with Crippen molar-refractivity contribution >= 4 is 28.4 Å². The predicted molar refractivity (Wildman–Crippen MR) is 58.2 cm³/mol. The molecule has 1 aromatic carbocycles. The number of anilines is 1. The number of hydrogen-bond donors (Lipinski definition) is 3. The standard InChI is InChI=1S/C10H9N3O3/c1-5(14)9(15)11-6-2-3-7-8(4-6)13-10(16)12-7/h2-4H,1H3,(H,11,15)(H2,12,13,16). The van der Waals surface area contributed by atoms with E-state index >= 15 is 0 Å². The number of nitrogens with one attached hydrogen (secondary N) is 3. The van der Waals surface area contributed by atoms with E-state index in [-0.39, 0.29) is 5.69 Å². The fourth-order valence-corrected chi connectivity index (χ4v) is 1.33. The highest BCUT2D eigenvalue weighted by Gasteiger charge is 2.08. The third-order valence-electron chi connectivity index (χ3n) is 2.09. The average Bonchev–Trinajstić information content (AvgIpc) is 2.57. The summed E-state index contributed by atoms with van der Waals surface area (Å²) in [7, 11) is 0. The van der Waals surface area contributed by atoms with E-state index in [9.17, 15) is 14.4 Å². The summed E-state index contributed by atoms with van der Waals surface area (Å²) in [5.74, 6) is -1.25. The quantitative estimate of drug-likeness (QED) is 0.637. The zero-order valence-electron chi connectivity index (χ0n) is 8.46. The number of benzene rings is 1. The van der Waals surface area contributed by atoms with E-state index in [4.69, 9.17) is 0 Å². The van der Waals surface area contributed by atoms with E-state index in [0.29, 0.717) is 16.7 Å². The van der Waals surface area contributed by atoms with Crippen LogP contribution in [0.4, 0.5) is 5.69 Å². The Morgan fingerprint density at radius 3 is 2.56 bits per heavy atom. The number of Topliss-reactive ketones (excluding diaryl/α,β-unsaturated/α-hetero) is 1. The summed E-state index contributed by atoms with van der Waals surface area (Å²) in [5.41, 5.74) is 1.37. The SMILES string of the molecule is CC(=O)C(=O)Nc1ccc2[nH]c(=O)[nH]c2c1. The maximum absolute atomic E-state index is 11.1. The Kier molecular flexibility index (Phi) is 2.32. The van der Waals surface area contributed by atoms with Gasteiger partial charge in [-0.15, -0.1) is 0 Å².